The second-order valence-electron chi connectivity index (χ2n) is 34.3. The van der Waals surface area contributed by atoms with Gasteiger partial charge in [0.2, 0.25) is 0 Å². The van der Waals surface area contributed by atoms with Gasteiger partial charge in [0, 0.05) is 203 Å². The summed E-state index contributed by atoms with van der Waals surface area (Å²) in [4.78, 5) is 0. The summed E-state index contributed by atoms with van der Waals surface area (Å²) in [6, 6.07) is 139. The van der Waals surface area contributed by atoms with Crippen LogP contribution in [0.15, 0.2) is 382 Å². The monoisotopic (exact) mass is 1750 g/mol. The van der Waals surface area contributed by atoms with Gasteiger partial charge in [-0.1, -0.05) is 273 Å². The Kier molecular flexibility index (Phi) is 19.3. The molecule has 0 radical (unpaired) electrons. The first-order valence-corrected chi connectivity index (χ1v) is 47.5. The number of aryl methyl sites for hydroxylation is 3. The van der Waals surface area contributed by atoms with Crippen LogP contribution < -0.4 is 0 Å². The van der Waals surface area contributed by atoms with Gasteiger partial charge in [-0.2, -0.15) is 26.2 Å². The van der Waals surface area contributed by atoms with Gasteiger partial charge in [0.25, 0.3) is 0 Å². The minimum atomic E-state index is 0.828. The van der Waals surface area contributed by atoms with E-state index in [2.05, 4.69) is 430 Å². The van der Waals surface area contributed by atoms with Crippen LogP contribution in [0, 0.1) is 0 Å². The summed E-state index contributed by atoms with van der Waals surface area (Å²) in [5, 5.41) is 15.3. The molecule has 12 nitrogen and oxygen atoms in total. The summed E-state index contributed by atoms with van der Waals surface area (Å²) in [5.74, 6) is 0. The first kappa shape index (κ1) is 78.5. The lowest BCUT2D eigenvalue weighted by atomic mass is 9.96. The zero-order valence-corrected chi connectivity index (χ0v) is 75.2. The Hall–Kier alpha value is -15.8. The Bertz CT molecular complexity index is 8890. The molecular formula is C117H84N12S3. The Morgan fingerprint density at radius 3 is 0.530 bits per heavy atom. The molecular weight excluding hydrogens is 1670 g/mol. The topological polar surface area (TPSA) is 107 Å². The third kappa shape index (κ3) is 13.0. The van der Waals surface area contributed by atoms with Crippen LogP contribution in [0.25, 0.3) is 231 Å². The summed E-state index contributed by atoms with van der Waals surface area (Å²) >= 11 is 3.86. The summed E-state index contributed by atoms with van der Waals surface area (Å²) < 4.78 is 43.5. The maximum absolute atomic E-state index is 4.87. The molecule has 132 heavy (non-hydrogen) atoms. The molecule has 0 spiro atoms. The van der Waals surface area contributed by atoms with E-state index in [4.69, 9.17) is 26.2 Å². The van der Waals surface area contributed by atoms with Crippen molar-refractivity contribution < 1.29 is 0 Å². The molecule has 9 heterocycles. The quantitative estimate of drug-likeness (QED) is 0.101. The van der Waals surface area contributed by atoms with Gasteiger partial charge in [-0.3, -0.25) is 0 Å². The third-order valence-corrected chi connectivity index (χ3v) is 28.8. The fraction of sp³-hybridized carbons (Fsp3) is 0.0769. The van der Waals surface area contributed by atoms with Crippen molar-refractivity contribution >= 4 is 199 Å². The number of hydrogen-bond donors (Lipinski definition) is 0. The molecule has 0 aliphatic rings. The second-order valence-corrected chi connectivity index (χ2v) is 35.9. The summed E-state index contributed by atoms with van der Waals surface area (Å²) in [5.41, 5.74) is 38.4. The summed E-state index contributed by atoms with van der Waals surface area (Å²) in [6.07, 6.45) is 0. The molecule has 0 bridgehead atoms. The third-order valence-electron chi connectivity index (χ3n) is 27.2. The maximum atomic E-state index is 4.87. The van der Waals surface area contributed by atoms with Crippen molar-refractivity contribution in [3.63, 3.8) is 0 Å². The van der Waals surface area contributed by atoms with Gasteiger partial charge in [0.1, 0.15) is 33.1 Å². The van der Waals surface area contributed by atoms with Crippen LogP contribution in [0.2, 0.25) is 0 Å². The number of aromatic nitrogens is 12. The average Bonchev–Trinajstić information content (AvgIpc) is 1.51. The summed E-state index contributed by atoms with van der Waals surface area (Å²) in [7, 11) is 0. The van der Waals surface area contributed by atoms with E-state index in [0.29, 0.717) is 0 Å². The van der Waals surface area contributed by atoms with Gasteiger partial charge in [0.05, 0.1) is 35.2 Å². The Morgan fingerprint density at radius 2 is 0.333 bits per heavy atom. The molecule has 0 N–H and O–H groups in total. The van der Waals surface area contributed by atoms with Crippen LogP contribution >= 0.6 is 35.2 Å². The van der Waals surface area contributed by atoms with Crippen molar-refractivity contribution in [3.8, 4) is 66.8 Å². The van der Waals surface area contributed by atoms with Crippen molar-refractivity contribution in [2.45, 2.75) is 60.0 Å². The first-order chi connectivity index (χ1) is 65.3. The highest BCUT2D eigenvalue weighted by Gasteiger charge is 2.25. The van der Waals surface area contributed by atoms with Gasteiger partial charge in [0.15, 0.2) is 0 Å². The number of para-hydroxylation sites is 6. The van der Waals surface area contributed by atoms with Gasteiger partial charge < -0.3 is 27.4 Å². The van der Waals surface area contributed by atoms with E-state index >= 15 is 0 Å². The number of rotatable bonds is 15. The fourth-order valence-electron chi connectivity index (χ4n) is 21.2. The molecule has 15 heteroatoms. The highest BCUT2D eigenvalue weighted by molar-refractivity contribution is 7.00. The molecule has 0 aliphatic heterocycles. The first-order valence-electron chi connectivity index (χ1n) is 45.3. The number of nitrogens with zero attached hydrogens (tertiary/aromatic N) is 12. The predicted molar refractivity (Wildman–Crippen MR) is 557 cm³/mol. The standard InChI is InChI=1S/C44H30N4S.C39H28N4S.C34H26N4S/c1-3-11-29(12-4-1)27-47-39-17-9-7-15-35(39)37-25-31(19-23-41(37)47)33-21-22-34(44-43(33)45-49-46-44)32-20-24-42-38(26-32)36-16-8-10-18-40(36)48(42)28-30-13-5-2-6-14-30;1-2-42-34-14-8-6-12-30(34)32-22-26(16-20-36(32)42)28-18-19-29(39-38(28)40-44-41-39)27-17-21-37-33(23-27)31-13-7-9-15-35(31)43(37)24-25-10-4-3-5-11-25;1-3-37-29-11-7-5-9-25(29)27-19-21(13-17-31(27)37)23-15-16-24(34-33(23)35-39-36-34)22-14-18-32-28(20-22)26-10-6-8-12-30(26)38(32)4-2/h1-26H,27-28H2;3-23H,2,24H2,1H3;5-20H,3-4H2,1-2H3. The molecule has 27 aromatic rings. The molecule has 630 valence electrons. The van der Waals surface area contributed by atoms with E-state index < -0.39 is 0 Å². The number of fused-ring (bicyclic) bond motifs is 21. The van der Waals surface area contributed by atoms with E-state index in [1.807, 2.05) is 0 Å². The van der Waals surface area contributed by atoms with E-state index in [0.717, 1.165) is 122 Å². The minimum absolute atomic E-state index is 0.828. The Morgan fingerprint density at radius 1 is 0.167 bits per heavy atom. The van der Waals surface area contributed by atoms with Gasteiger partial charge in [-0.05, 0) is 180 Å². The van der Waals surface area contributed by atoms with Crippen LogP contribution in [0.1, 0.15) is 37.5 Å². The number of hydrogen-bond acceptors (Lipinski definition) is 9. The molecule has 0 fully saturated rings. The maximum Gasteiger partial charge on any atom is 0.113 e. The molecule has 9 aromatic heterocycles. The molecule has 0 saturated heterocycles. The van der Waals surface area contributed by atoms with Crippen LogP contribution in [-0.2, 0) is 39.3 Å². The van der Waals surface area contributed by atoms with Crippen LogP contribution in [0.4, 0.5) is 0 Å². The second kappa shape index (κ2) is 32.5. The highest BCUT2D eigenvalue weighted by Crippen LogP contribution is 2.46. The lowest BCUT2D eigenvalue weighted by Crippen LogP contribution is -1.99. The van der Waals surface area contributed by atoms with E-state index in [9.17, 15) is 0 Å². The lowest BCUT2D eigenvalue weighted by Gasteiger charge is -2.10. The van der Waals surface area contributed by atoms with Crippen LogP contribution in [0.3, 0.4) is 0 Å². The van der Waals surface area contributed by atoms with Crippen molar-refractivity contribution in [1.29, 1.82) is 0 Å². The van der Waals surface area contributed by atoms with Crippen molar-refractivity contribution in [2.24, 2.45) is 0 Å². The largest absolute Gasteiger partial charge is 0.341 e. The zero-order valence-electron chi connectivity index (χ0n) is 72.7. The average molecular weight is 1750 g/mol. The Labute approximate surface area is 772 Å². The van der Waals surface area contributed by atoms with Crippen molar-refractivity contribution in [3.05, 3.63) is 399 Å². The van der Waals surface area contributed by atoms with Crippen LogP contribution in [0.5, 0.6) is 0 Å². The Balaban J connectivity index is 0.000000107. The minimum Gasteiger partial charge on any atom is -0.341 e. The van der Waals surface area contributed by atoms with Gasteiger partial charge in [-0.25, -0.2) is 0 Å². The smallest absolute Gasteiger partial charge is 0.113 e. The van der Waals surface area contributed by atoms with Crippen LogP contribution in [-0.4, -0.2) is 53.6 Å². The zero-order chi connectivity index (χ0) is 87.6. The molecule has 18 aromatic carbocycles. The van der Waals surface area contributed by atoms with Gasteiger partial charge in [-0.15, -0.1) is 0 Å². The molecule has 0 saturated carbocycles. The molecule has 27 rings (SSSR count). The molecule has 0 aliphatic carbocycles. The highest BCUT2D eigenvalue weighted by atomic mass is 32.1. The fourth-order valence-corrected chi connectivity index (χ4v) is 22.9. The van der Waals surface area contributed by atoms with Crippen molar-refractivity contribution in [1.82, 2.24) is 53.6 Å². The van der Waals surface area contributed by atoms with Gasteiger partial charge >= 0.3 is 0 Å². The SMILES string of the molecule is CCn1c2ccccc2c2cc(-c3ccc(-c4ccc5c(c4)c4ccccc4n5CC)c4nsnc34)ccc21.CCn1c2ccccc2c2cc(-c3ccc(-c4ccc5c(c4)c4ccccc4n5Cc4ccccc4)c4nsnc34)ccc21.c1ccc(Cn2c3ccccc3c3cc(-c4ccc(-c5ccc6c(c5)c5ccccc5n6Cc5ccccc5)c5nsnc45)ccc32)cc1. The summed E-state index contributed by atoms with van der Waals surface area (Å²) in [6.45, 7) is 11.9. The van der Waals surface area contributed by atoms with E-state index in [1.54, 1.807) is 0 Å². The van der Waals surface area contributed by atoms with E-state index in [1.165, 1.54) is 199 Å². The normalized spacial score (nSPS) is 11.9. The number of benzene rings is 18. The van der Waals surface area contributed by atoms with E-state index in [-0.39, 0.29) is 0 Å². The molecule has 0 atom stereocenters. The lowest BCUT2D eigenvalue weighted by molar-refractivity contribution is 0.827. The molecule has 0 amide bonds. The predicted octanol–water partition coefficient (Wildman–Crippen LogP) is 30.9. The van der Waals surface area contributed by atoms with Crippen molar-refractivity contribution in [2.75, 3.05) is 0 Å². The molecule has 0 unspecified atom stereocenters.